The molecule has 19 heavy (non-hydrogen) atoms. The van der Waals surface area contributed by atoms with Gasteiger partial charge in [-0.2, -0.15) is 5.26 Å². The molecule has 0 aromatic carbocycles. The van der Waals surface area contributed by atoms with E-state index < -0.39 is 0 Å². The van der Waals surface area contributed by atoms with Gasteiger partial charge in [0, 0.05) is 12.6 Å². The van der Waals surface area contributed by atoms with E-state index in [0.717, 1.165) is 17.7 Å². The molecular formula is C14H14N2O2S. The second kappa shape index (κ2) is 6.38. The van der Waals surface area contributed by atoms with E-state index in [4.69, 9.17) is 10.4 Å². The van der Waals surface area contributed by atoms with Crippen molar-refractivity contribution in [1.82, 2.24) is 4.90 Å². The van der Waals surface area contributed by atoms with Gasteiger partial charge in [0.2, 0.25) is 0 Å². The van der Waals surface area contributed by atoms with Crippen LogP contribution < -0.4 is 0 Å². The van der Waals surface area contributed by atoms with Crippen LogP contribution in [0.1, 0.15) is 33.8 Å². The summed E-state index contributed by atoms with van der Waals surface area (Å²) < 4.78 is 0. The SMILES string of the molecule is N#CCCN(C(=O)c1ccc(C#CCO)s1)C1CC1. The lowest BCUT2D eigenvalue weighted by Gasteiger charge is -2.20. The molecule has 1 aliphatic carbocycles. The molecule has 0 bridgehead atoms. The van der Waals surface area contributed by atoms with Crippen molar-refractivity contribution in [3.63, 3.8) is 0 Å². The number of hydrogen-bond donors (Lipinski definition) is 1. The number of carbonyl (C=O) groups excluding carboxylic acids is 1. The standard InChI is InChI=1S/C14H14N2O2S/c15-8-2-9-16(11-4-5-11)14(18)13-7-6-12(19-13)3-1-10-17/h6-7,11,17H,2,4-5,9-10H2. The fourth-order valence-electron chi connectivity index (χ4n) is 1.79. The predicted molar refractivity (Wildman–Crippen MR) is 72.6 cm³/mol. The summed E-state index contributed by atoms with van der Waals surface area (Å²) in [6, 6.07) is 5.93. The smallest absolute Gasteiger partial charge is 0.264 e. The maximum atomic E-state index is 12.3. The van der Waals surface area contributed by atoms with Crippen LogP contribution in [0.5, 0.6) is 0 Å². The number of aliphatic hydroxyl groups is 1. The van der Waals surface area contributed by atoms with Crippen molar-refractivity contribution in [1.29, 1.82) is 5.26 Å². The van der Waals surface area contributed by atoms with Gasteiger partial charge in [-0.15, -0.1) is 11.3 Å². The molecule has 0 atom stereocenters. The lowest BCUT2D eigenvalue weighted by atomic mass is 10.3. The van der Waals surface area contributed by atoms with Gasteiger partial charge in [-0.25, -0.2) is 0 Å². The third-order valence-electron chi connectivity index (χ3n) is 2.82. The molecule has 1 aliphatic rings. The monoisotopic (exact) mass is 274 g/mol. The summed E-state index contributed by atoms with van der Waals surface area (Å²) in [5, 5.41) is 17.3. The zero-order chi connectivity index (χ0) is 13.7. The summed E-state index contributed by atoms with van der Waals surface area (Å²) >= 11 is 1.33. The highest BCUT2D eigenvalue weighted by Crippen LogP contribution is 2.29. The first-order valence-corrected chi connectivity index (χ1v) is 6.95. The maximum Gasteiger partial charge on any atom is 0.264 e. The van der Waals surface area contributed by atoms with Crippen molar-refractivity contribution in [2.75, 3.05) is 13.2 Å². The van der Waals surface area contributed by atoms with Crippen molar-refractivity contribution in [3.8, 4) is 17.9 Å². The first-order valence-electron chi connectivity index (χ1n) is 6.13. The number of thiophene rings is 1. The largest absolute Gasteiger partial charge is 0.384 e. The highest BCUT2D eigenvalue weighted by atomic mass is 32.1. The molecule has 1 heterocycles. The summed E-state index contributed by atoms with van der Waals surface area (Å²) in [5.74, 6) is 5.34. The lowest BCUT2D eigenvalue weighted by molar-refractivity contribution is 0.0751. The van der Waals surface area contributed by atoms with Crippen molar-refractivity contribution in [3.05, 3.63) is 21.9 Å². The zero-order valence-corrected chi connectivity index (χ0v) is 11.2. The van der Waals surface area contributed by atoms with Crippen molar-refractivity contribution >= 4 is 17.2 Å². The molecule has 98 valence electrons. The Balaban J connectivity index is 2.08. The highest BCUT2D eigenvalue weighted by molar-refractivity contribution is 7.14. The van der Waals surface area contributed by atoms with Gasteiger partial charge in [-0.05, 0) is 25.0 Å². The Bertz CT molecular complexity index is 558. The van der Waals surface area contributed by atoms with Crippen LogP contribution in [0, 0.1) is 23.2 Å². The van der Waals surface area contributed by atoms with Crippen LogP contribution in [-0.2, 0) is 0 Å². The van der Waals surface area contributed by atoms with Crippen LogP contribution >= 0.6 is 11.3 Å². The Kier molecular flexibility index (Phi) is 4.57. The molecule has 0 unspecified atom stereocenters. The van der Waals surface area contributed by atoms with E-state index >= 15 is 0 Å². The minimum atomic E-state index is -0.183. The number of amides is 1. The topological polar surface area (TPSA) is 64.3 Å². The maximum absolute atomic E-state index is 12.3. The summed E-state index contributed by atoms with van der Waals surface area (Å²) in [6.45, 7) is 0.313. The number of rotatable bonds is 4. The third-order valence-corrected chi connectivity index (χ3v) is 3.81. The average Bonchev–Trinajstić information content (AvgIpc) is 3.14. The Morgan fingerprint density at radius 3 is 2.95 bits per heavy atom. The lowest BCUT2D eigenvalue weighted by Crippen LogP contribution is -2.33. The Labute approximate surface area is 116 Å². The Hall–Kier alpha value is -1.82. The normalized spacial score (nSPS) is 13.3. The molecule has 5 heteroatoms. The van der Waals surface area contributed by atoms with Gasteiger partial charge in [-0.1, -0.05) is 11.8 Å². The van der Waals surface area contributed by atoms with Crippen LogP contribution in [0.4, 0.5) is 0 Å². The predicted octanol–water partition coefficient (Wildman–Crippen LogP) is 1.61. The summed E-state index contributed by atoms with van der Waals surface area (Å²) in [5.41, 5.74) is 0. The Morgan fingerprint density at radius 2 is 2.32 bits per heavy atom. The van der Waals surface area contributed by atoms with E-state index in [0.29, 0.717) is 23.9 Å². The van der Waals surface area contributed by atoms with Gasteiger partial charge in [0.1, 0.15) is 6.61 Å². The molecule has 0 saturated heterocycles. The molecule has 1 aromatic rings. The zero-order valence-electron chi connectivity index (χ0n) is 10.4. The van der Waals surface area contributed by atoms with Gasteiger partial charge in [0.25, 0.3) is 5.91 Å². The second-order valence-electron chi connectivity index (χ2n) is 4.26. The number of hydrogen-bond acceptors (Lipinski definition) is 4. The van der Waals surface area contributed by atoms with Crippen LogP contribution in [-0.4, -0.2) is 35.1 Å². The van der Waals surface area contributed by atoms with E-state index in [1.54, 1.807) is 17.0 Å². The van der Waals surface area contributed by atoms with Gasteiger partial charge >= 0.3 is 0 Å². The number of aliphatic hydroxyl groups excluding tert-OH is 1. The number of carbonyl (C=O) groups is 1. The molecular weight excluding hydrogens is 260 g/mol. The fourth-order valence-corrected chi connectivity index (χ4v) is 2.63. The molecule has 1 aromatic heterocycles. The van der Waals surface area contributed by atoms with Crippen LogP contribution in [0.15, 0.2) is 12.1 Å². The van der Waals surface area contributed by atoms with Crippen molar-refractivity contribution in [2.24, 2.45) is 0 Å². The van der Waals surface area contributed by atoms with E-state index in [-0.39, 0.29) is 12.5 Å². The molecule has 2 rings (SSSR count). The number of nitrogens with zero attached hydrogens (tertiary/aromatic N) is 2. The molecule has 1 fully saturated rings. The first-order chi connectivity index (χ1) is 9.26. The molecule has 1 N–H and O–H groups in total. The van der Waals surface area contributed by atoms with Crippen LogP contribution in [0.25, 0.3) is 0 Å². The van der Waals surface area contributed by atoms with E-state index in [1.165, 1.54) is 11.3 Å². The van der Waals surface area contributed by atoms with Gasteiger partial charge in [-0.3, -0.25) is 4.79 Å². The minimum absolute atomic E-state index is 0.0141. The van der Waals surface area contributed by atoms with Gasteiger partial charge < -0.3 is 10.0 Å². The molecule has 0 aliphatic heterocycles. The summed E-state index contributed by atoms with van der Waals surface area (Å²) in [7, 11) is 0. The van der Waals surface area contributed by atoms with Crippen molar-refractivity contribution < 1.29 is 9.90 Å². The average molecular weight is 274 g/mol. The molecule has 0 radical (unpaired) electrons. The van der Waals surface area contributed by atoms with Gasteiger partial charge in [0.15, 0.2) is 0 Å². The summed E-state index contributed by atoms with van der Waals surface area (Å²) in [6.07, 6.45) is 2.42. The van der Waals surface area contributed by atoms with Gasteiger partial charge in [0.05, 0.1) is 22.2 Å². The third kappa shape index (κ3) is 3.57. The summed E-state index contributed by atoms with van der Waals surface area (Å²) in [4.78, 5) is 15.6. The Morgan fingerprint density at radius 1 is 1.53 bits per heavy atom. The van der Waals surface area contributed by atoms with E-state index in [1.807, 2.05) is 0 Å². The van der Waals surface area contributed by atoms with E-state index in [9.17, 15) is 4.79 Å². The highest BCUT2D eigenvalue weighted by Gasteiger charge is 2.33. The molecule has 1 saturated carbocycles. The van der Waals surface area contributed by atoms with E-state index in [2.05, 4.69) is 17.9 Å². The van der Waals surface area contributed by atoms with Crippen LogP contribution in [0.3, 0.4) is 0 Å². The first kappa shape index (κ1) is 13.6. The van der Waals surface area contributed by atoms with Crippen molar-refractivity contribution in [2.45, 2.75) is 25.3 Å². The van der Waals surface area contributed by atoms with Crippen LogP contribution in [0.2, 0.25) is 0 Å². The molecule has 0 spiro atoms. The molecule has 4 nitrogen and oxygen atoms in total. The quantitative estimate of drug-likeness (QED) is 0.848. The minimum Gasteiger partial charge on any atom is -0.384 e. The fraction of sp³-hybridized carbons (Fsp3) is 0.429. The molecule has 1 amide bonds. The number of nitriles is 1. The second-order valence-corrected chi connectivity index (χ2v) is 5.35.